The molecule has 1 aliphatic rings. The van der Waals surface area contributed by atoms with Crippen LogP contribution in [0.2, 0.25) is 0 Å². The standard InChI is InChI=1S/C9H3F14NO3/c1-26-2(25)3(10,4(11,12)13)5(14,15)24-6(16,17)8(20,21)27-9(22,23)7(24,18)19/h1H3. The number of carbonyl (C=O) groups excluding carboxylic acids is 1. The number of hydrogen-bond donors (Lipinski definition) is 0. The van der Waals surface area contributed by atoms with Gasteiger partial charge in [0.25, 0.3) is 0 Å². The van der Waals surface area contributed by atoms with Gasteiger partial charge in [0.05, 0.1) is 7.11 Å². The number of alkyl halides is 14. The van der Waals surface area contributed by atoms with Crippen molar-refractivity contribution in [3.8, 4) is 0 Å². The lowest BCUT2D eigenvalue weighted by Crippen LogP contribution is -2.82. The highest BCUT2D eigenvalue weighted by Gasteiger charge is 2.93. The average molecular weight is 439 g/mol. The fraction of sp³-hybridized carbons (Fsp3) is 0.889. The van der Waals surface area contributed by atoms with Crippen LogP contribution in [-0.2, 0) is 14.3 Å². The number of methoxy groups -OCH3 is 1. The number of hydrogen-bond acceptors (Lipinski definition) is 4. The van der Waals surface area contributed by atoms with Gasteiger partial charge in [-0.15, -0.1) is 4.90 Å². The van der Waals surface area contributed by atoms with E-state index < -0.39 is 53.1 Å². The molecule has 0 N–H and O–H groups in total. The lowest BCUT2D eigenvalue weighted by atomic mass is 9.99. The summed E-state index contributed by atoms with van der Waals surface area (Å²) >= 11 is 0. The summed E-state index contributed by atoms with van der Waals surface area (Å²) in [5, 5.41) is 0. The first-order chi connectivity index (χ1) is 11.6. The first kappa shape index (κ1) is 23.4. The predicted molar refractivity (Wildman–Crippen MR) is 49.6 cm³/mol. The minimum absolute atomic E-state index is 0.253. The molecule has 0 radical (unpaired) electrons. The Balaban J connectivity index is 3.91. The molecule has 1 atom stereocenters. The van der Waals surface area contributed by atoms with Gasteiger partial charge in [-0.2, -0.15) is 57.1 Å². The highest BCUT2D eigenvalue weighted by molar-refractivity contribution is 5.82. The molecule has 0 saturated carbocycles. The Morgan fingerprint density at radius 2 is 1.15 bits per heavy atom. The van der Waals surface area contributed by atoms with Gasteiger partial charge in [0.2, 0.25) is 0 Å². The van der Waals surface area contributed by atoms with E-state index in [1.165, 1.54) is 0 Å². The summed E-state index contributed by atoms with van der Waals surface area (Å²) in [5.74, 6) is -3.87. The van der Waals surface area contributed by atoms with Crippen LogP contribution in [0.5, 0.6) is 0 Å². The normalized spacial score (nSPS) is 26.9. The maximum atomic E-state index is 13.9. The molecule has 1 heterocycles. The number of esters is 1. The van der Waals surface area contributed by atoms with E-state index >= 15 is 0 Å². The maximum Gasteiger partial charge on any atom is 0.441 e. The number of ether oxygens (including phenoxy) is 2. The molecule has 27 heavy (non-hydrogen) atoms. The van der Waals surface area contributed by atoms with E-state index in [1.807, 2.05) is 0 Å². The molecule has 0 amide bonds. The molecule has 0 aromatic heterocycles. The van der Waals surface area contributed by atoms with Crippen molar-refractivity contribution in [1.82, 2.24) is 4.90 Å². The van der Waals surface area contributed by atoms with Crippen LogP contribution < -0.4 is 0 Å². The van der Waals surface area contributed by atoms with Crippen molar-refractivity contribution in [3.05, 3.63) is 0 Å². The van der Waals surface area contributed by atoms with Crippen LogP contribution in [0.3, 0.4) is 0 Å². The van der Waals surface area contributed by atoms with Gasteiger partial charge in [-0.25, -0.2) is 13.9 Å². The van der Waals surface area contributed by atoms with Gasteiger partial charge in [0.1, 0.15) is 0 Å². The molecule has 1 unspecified atom stereocenters. The van der Waals surface area contributed by atoms with Gasteiger partial charge in [0, 0.05) is 0 Å². The first-order valence-corrected chi connectivity index (χ1v) is 5.79. The van der Waals surface area contributed by atoms with Gasteiger partial charge in [-0.05, 0) is 0 Å². The van der Waals surface area contributed by atoms with Crippen LogP contribution in [0.4, 0.5) is 61.5 Å². The maximum absolute atomic E-state index is 13.9. The summed E-state index contributed by atoms with van der Waals surface area (Å²) in [6.45, 7) is 0. The first-order valence-electron chi connectivity index (χ1n) is 5.79. The van der Waals surface area contributed by atoms with E-state index in [0.717, 1.165) is 0 Å². The van der Waals surface area contributed by atoms with E-state index in [2.05, 4.69) is 4.74 Å². The zero-order valence-corrected chi connectivity index (χ0v) is 12.0. The summed E-state index contributed by atoms with van der Waals surface area (Å²) in [7, 11) is -0.253. The van der Waals surface area contributed by atoms with Crippen LogP contribution in [0.25, 0.3) is 0 Å². The number of halogens is 14. The van der Waals surface area contributed by atoms with Gasteiger partial charge in [-0.1, -0.05) is 0 Å². The molecule has 0 spiro atoms. The molecule has 160 valence electrons. The van der Waals surface area contributed by atoms with Crippen molar-refractivity contribution in [3.63, 3.8) is 0 Å². The predicted octanol–water partition coefficient (Wildman–Crippen LogP) is 3.73. The molecule has 1 rings (SSSR count). The van der Waals surface area contributed by atoms with Crippen molar-refractivity contribution in [2.45, 2.75) is 42.2 Å². The molecule has 0 aromatic rings. The van der Waals surface area contributed by atoms with Crippen molar-refractivity contribution < 1.29 is 75.7 Å². The second-order valence-corrected chi connectivity index (χ2v) is 4.74. The molecule has 0 bridgehead atoms. The minimum Gasteiger partial charge on any atom is -0.466 e. The highest BCUT2D eigenvalue weighted by Crippen LogP contribution is 2.62. The molecule has 1 fully saturated rings. The fourth-order valence-corrected chi connectivity index (χ4v) is 1.78. The van der Waals surface area contributed by atoms with Crippen LogP contribution in [-0.4, -0.2) is 60.2 Å². The van der Waals surface area contributed by atoms with Crippen molar-refractivity contribution in [2.75, 3.05) is 7.11 Å². The lowest BCUT2D eigenvalue weighted by Gasteiger charge is -2.51. The third-order valence-electron chi connectivity index (χ3n) is 3.07. The fourth-order valence-electron chi connectivity index (χ4n) is 1.78. The largest absolute Gasteiger partial charge is 0.466 e. The topological polar surface area (TPSA) is 38.8 Å². The minimum atomic E-state index is -7.76. The van der Waals surface area contributed by atoms with Gasteiger partial charge in [-0.3, -0.25) is 0 Å². The second kappa shape index (κ2) is 5.71. The van der Waals surface area contributed by atoms with Gasteiger partial charge >= 0.3 is 48.2 Å². The summed E-state index contributed by atoms with van der Waals surface area (Å²) in [4.78, 5) is 6.73. The van der Waals surface area contributed by atoms with Gasteiger partial charge in [0.15, 0.2) is 0 Å². The molecular weight excluding hydrogens is 436 g/mol. The monoisotopic (exact) mass is 439 g/mol. The van der Waals surface area contributed by atoms with Crippen LogP contribution in [0.1, 0.15) is 0 Å². The van der Waals surface area contributed by atoms with E-state index in [0.29, 0.717) is 0 Å². The average Bonchev–Trinajstić information content (AvgIpc) is 2.40. The molecule has 0 aromatic carbocycles. The third-order valence-corrected chi connectivity index (χ3v) is 3.07. The summed E-state index contributed by atoms with van der Waals surface area (Å²) < 4.78 is 189. The zero-order chi connectivity index (χ0) is 22.1. The summed E-state index contributed by atoms with van der Waals surface area (Å²) in [5.41, 5.74) is -7.20. The third kappa shape index (κ3) is 2.78. The Morgan fingerprint density at radius 3 is 1.41 bits per heavy atom. The summed E-state index contributed by atoms with van der Waals surface area (Å²) in [6, 6.07) is -22.5. The van der Waals surface area contributed by atoms with E-state index in [9.17, 15) is 66.3 Å². The van der Waals surface area contributed by atoms with Crippen LogP contribution in [0, 0.1) is 0 Å². The SMILES string of the molecule is COC(=O)C(F)(C(F)(F)F)C(F)(F)N1C(F)(F)C(F)(F)OC(F)(F)C1(F)F. The zero-order valence-electron chi connectivity index (χ0n) is 12.0. The number of morpholine rings is 1. The number of nitrogens with zero attached hydrogens (tertiary/aromatic N) is 1. The quantitative estimate of drug-likeness (QED) is 0.382. The Hall–Kier alpha value is -1.59. The Kier molecular flexibility index (Phi) is 4.96. The molecule has 18 heteroatoms. The van der Waals surface area contributed by atoms with Crippen LogP contribution in [0.15, 0.2) is 0 Å². The van der Waals surface area contributed by atoms with Crippen molar-refractivity contribution in [2.24, 2.45) is 0 Å². The lowest BCUT2D eigenvalue weighted by molar-refractivity contribution is -0.592. The van der Waals surface area contributed by atoms with E-state index in [-0.39, 0.29) is 7.11 Å². The highest BCUT2D eigenvalue weighted by atomic mass is 19.4. The molecule has 0 aliphatic carbocycles. The van der Waals surface area contributed by atoms with E-state index in [1.54, 1.807) is 4.74 Å². The van der Waals surface area contributed by atoms with Crippen molar-refractivity contribution in [1.29, 1.82) is 0 Å². The van der Waals surface area contributed by atoms with Gasteiger partial charge < -0.3 is 4.74 Å². The van der Waals surface area contributed by atoms with E-state index in [4.69, 9.17) is 0 Å². The van der Waals surface area contributed by atoms with Crippen LogP contribution >= 0.6 is 0 Å². The molecule has 1 saturated heterocycles. The Bertz CT molecular complexity index is 589. The Morgan fingerprint density at radius 1 is 0.815 bits per heavy atom. The number of rotatable bonds is 3. The molecule has 1 aliphatic heterocycles. The Labute approximate surface area is 137 Å². The molecular formula is C9H3F14NO3. The molecule has 4 nitrogen and oxygen atoms in total. The number of carbonyl (C=O) groups is 1. The smallest absolute Gasteiger partial charge is 0.441 e. The van der Waals surface area contributed by atoms with Crippen molar-refractivity contribution >= 4 is 5.97 Å². The second-order valence-electron chi connectivity index (χ2n) is 4.74. The summed E-state index contributed by atoms with van der Waals surface area (Å²) in [6.07, 6.45) is -21.3.